The Morgan fingerprint density at radius 3 is 2.50 bits per heavy atom. The van der Waals surface area contributed by atoms with Crippen molar-refractivity contribution in [3.63, 3.8) is 0 Å². The third-order valence-corrected chi connectivity index (χ3v) is 5.89. The number of rotatable bonds is 7. The van der Waals surface area contributed by atoms with E-state index in [1.165, 1.54) is 18.7 Å². The lowest BCUT2D eigenvalue weighted by atomic mass is 10.1. The van der Waals surface area contributed by atoms with Crippen molar-refractivity contribution in [2.45, 2.75) is 30.3 Å². The summed E-state index contributed by atoms with van der Waals surface area (Å²) in [6, 6.07) is 9.67. The number of nitrogen functional groups attached to an aromatic ring is 1. The number of carbonyl (C=O) groups excluding carboxylic acids is 1. The molecule has 30 heavy (non-hydrogen) atoms. The second kappa shape index (κ2) is 8.57. The normalized spacial score (nSPS) is 12.1. The molecule has 2 heterocycles. The Hall–Kier alpha value is -3.34. The highest BCUT2D eigenvalue weighted by molar-refractivity contribution is 8.00. The maximum Gasteiger partial charge on any atom is 0.343 e. The monoisotopic (exact) mass is 430 g/mol. The number of ketones is 1. The Bertz CT molecular complexity index is 1250. The van der Waals surface area contributed by atoms with Crippen LogP contribution in [0.25, 0.3) is 0 Å². The molecule has 2 aromatic heterocycles. The van der Waals surface area contributed by atoms with E-state index in [0.717, 1.165) is 26.5 Å². The van der Waals surface area contributed by atoms with Gasteiger partial charge in [-0.2, -0.15) is 0 Å². The number of nitrogens with zero attached hydrogens (tertiary/aromatic N) is 4. The minimum absolute atomic E-state index is 0.191. The number of hydrogen-bond acceptors (Lipinski definition) is 7. The van der Waals surface area contributed by atoms with Gasteiger partial charge in [0.05, 0.1) is 5.25 Å². The van der Waals surface area contributed by atoms with E-state index in [2.05, 4.69) is 10.2 Å². The summed E-state index contributed by atoms with van der Waals surface area (Å²) in [5, 5.41) is 5.97. The second-order valence-corrected chi connectivity index (χ2v) is 8.10. The molecule has 3 aromatic rings. The molecule has 0 radical (unpaired) electrons. The number of thioether (sulfide) groups is 1. The molecule has 0 amide bonds. The highest BCUT2D eigenvalue weighted by atomic mass is 32.2. The molecule has 0 aliphatic carbocycles. The van der Waals surface area contributed by atoms with Crippen molar-refractivity contribution in [2.24, 2.45) is 14.1 Å². The zero-order valence-electron chi connectivity index (χ0n) is 16.8. The first-order valence-electron chi connectivity index (χ1n) is 9.17. The number of aromatic amines is 1. The zero-order valence-corrected chi connectivity index (χ0v) is 17.6. The molecule has 0 aliphatic rings. The van der Waals surface area contributed by atoms with Gasteiger partial charge in [0.25, 0.3) is 5.56 Å². The molecular formula is C19H22N6O4S. The number of carbonyl (C=O) groups is 1. The minimum atomic E-state index is -0.761. The standard InChI is InChI=1S/C19H22N6O4S/c1-11(14(26)13-15(20)23(2)19(29)24(3)16(13)27)30-18-22-21-17(28)25(18)10-9-12-7-5-4-6-8-12/h4-8,11H,9-10,20H2,1-3H3,(H,21,28)/t11-/m0/s1. The smallest absolute Gasteiger partial charge is 0.343 e. The Morgan fingerprint density at radius 1 is 1.17 bits per heavy atom. The van der Waals surface area contributed by atoms with Crippen molar-refractivity contribution in [2.75, 3.05) is 5.73 Å². The van der Waals surface area contributed by atoms with Crippen molar-refractivity contribution in [1.82, 2.24) is 23.9 Å². The average molecular weight is 430 g/mol. The molecule has 3 rings (SSSR count). The average Bonchev–Trinajstić information content (AvgIpc) is 3.09. The van der Waals surface area contributed by atoms with Gasteiger partial charge in [-0.3, -0.25) is 23.3 Å². The lowest BCUT2D eigenvalue weighted by Crippen LogP contribution is -2.42. The second-order valence-electron chi connectivity index (χ2n) is 6.79. The quantitative estimate of drug-likeness (QED) is 0.402. The third-order valence-electron chi connectivity index (χ3n) is 4.80. The van der Waals surface area contributed by atoms with Crippen LogP contribution in [0.5, 0.6) is 0 Å². The van der Waals surface area contributed by atoms with E-state index >= 15 is 0 Å². The van der Waals surface area contributed by atoms with Crippen molar-refractivity contribution >= 4 is 23.4 Å². The molecule has 0 unspecified atom stereocenters. The van der Waals surface area contributed by atoms with E-state index < -0.39 is 22.3 Å². The van der Waals surface area contributed by atoms with Crippen LogP contribution >= 0.6 is 11.8 Å². The topological polar surface area (TPSA) is 138 Å². The Labute approximate surface area is 175 Å². The number of nitrogens with one attached hydrogen (secondary N) is 1. The van der Waals surface area contributed by atoms with Crippen LogP contribution in [0.1, 0.15) is 22.8 Å². The maximum atomic E-state index is 12.9. The Balaban J connectivity index is 1.85. The summed E-state index contributed by atoms with van der Waals surface area (Å²) < 4.78 is 3.34. The number of anilines is 1. The predicted molar refractivity (Wildman–Crippen MR) is 114 cm³/mol. The van der Waals surface area contributed by atoms with Crippen molar-refractivity contribution in [1.29, 1.82) is 0 Å². The fourth-order valence-electron chi connectivity index (χ4n) is 2.98. The van der Waals surface area contributed by atoms with Gasteiger partial charge in [-0.05, 0) is 18.9 Å². The van der Waals surface area contributed by atoms with Gasteiger partial charge in [0.1, 0.15) is 11.4 Å². The molecular weight excluding hydrogens is 408 g/mol. The molecule has 1 aromatic carbocycles. The van der Waals surface area contributed by atoms with Gasteiger partial charge >= 0.3 is 11.4 Å². The molecule has 0 aliphatic heterocycles. The van der Waals surface area contributed by atoms with E-state index in [9.17, 15) is 19.2 Å². The summed E-state index contributed by atoms with van der Waals surface area (Å²) in [4.78, 5) is 49.5. The van der Waals surface area contributed by atoms with Gasteiger partial charge in [0.15, 0.2) is 10.9 Å². The predicted octanol–water partition coefficient (Wildman–Crippen LogP) is 0.157. The number of hydrogen-bond donors (Lipinski definition) is 2. The van der Waals surface area contributed by atoms with E-state index in [1.807, 2.05) is 30.3 Å². The maximum absolute atomic E-state index is 12.9. The van der Waals surface area contributed by atoms with Crippen molar-refractivity contribution in [3.05, 3.63) is 72.8 Å². The minimum Gasteiger partial charge on any atom is -0.384 e. The number of H-pyrrole nitrogens is 1. The van der Waals surface area contributed by atoms with E-state index in [1.54, 1.807) is 6.92 Å². The molecule has 10 nitrogen and oxygen atoms in total. The Kier molecular flexibility index (Phi) is 6.11. The summed E-state index contributed by atoms with van der Waals surface area (Å²) in [6.45, 7) is 1.98. The Morgan fingerprint density at radius 2 is 1.83 bits per heavy atom. The van der Waals surface area contributed by atoms with Crippen LogP contribution in [0.3, 0.4) is 0 Å². The van der Waals surface area contributed by atoms with Crippen LogP contribution in [0.2, 0.25) is 0 Å². The number of aromatic nitrogens is 5. The molecule has 0 saturated carbocycles. The summed E-state index contributed by atoms with van der Waals surface area (Å²) >= 11 is 1.04. The molecule has 0 fully saturated rings. The van der Waals surface area contributed by atoms with Gasteiger partial charge in [-0.25, -0.2) is 14.7 Å². The molecule has 0 bridgehead atoms. The SMILES string of the molecule is C[C@H](Sc1n[nH]c(=O)n1CCc1ccccc1)C(=O)c1c(N)n(C)c(=O)n(C)c1=O. The molecule has 1 atom stereocenters. The lowest BCUT2D eigenvalue weighted by molar-refractivity contribution is 0.0992. The zero-order chi connectivity index (χ0) is 22.0. The molecule has 0 spiro atoms. The van der Waals surface area contributed by atoms with Crippen LogP contribution in [0, 0.1) is 0 Å². The van der Waals surface area contributed by atoms with Gasteiger partial charge in [0.2, 0.25) is 0 Å². The van der Waals surface area contributed by atoms with Gasteiger partial charge < -0.3 is 5.73 Å². The fourth-order valence-corrected chi connectivity index (χ4v) is 3.92. The van der Waals surface area contributed by atoms with Crippen molar-refractivity contribution in [3.8, 4) is 0 Å². The highest BCUT2D eigenvalue weighted by Gasteiger charge is 2.27. The summed E-state index contributed by atoms with van der Waals surface area (Å²) in [5.41, 5.74) is 4.93. The van der Waals surface area contributed by atoms with E-state index in [4.69, 9.17) is 5.73 Å². The van der Waals surface area contributed by atoms with E-state index in [-0.39, 0.29) is 17.1 Å². The number of nitrogens with two attached hydrogens (primary N) is 1. The molecule has 158 valence electrons. The molecule has 0 saturated heterocycles. The third kappa shape index (κ3) is 4.01. The first kappa shape index (κ1) is 21.4. The largest absolute Gasteiger partial charge is 0.384 e. The lowest BCUT2D eigenvalue weighted by Gasteiger charge is -2.14. The number of Topliss-reactive ketones (excluding diaryl/α,β-unsaturated/α-hetero) is 1. The molecule has 11 heteroatoms. The van der Waals surface area contributed by atoms with E-state index in [0.29, 0.717) is 18.1 Å². The summed E-state index contributed by atoms with van der Waals surface area (Å²) in [7, 11) is 2.67. The first-order chi connectivity index (χ1) is 14.2. The van der Waals surface area contributed by atoms with Crippen LogP contribution in [0.15, 0.2) is 49.9 Å². The highest BCUT2D eigenvalue weighted by Crippen LogP contribution is 2.23. The summed E-state index contributed by atoms with van der Waals surface area (Å²) in [5.74, 6) is -0.734. The van der Waals surface area contributed by atoms with Gasteiger partial charge in [-0.15, -0.1) is 5.10 Å². The molecule has 3 N–H and O–H groups in total. The summed E-state index contributed by atoms with van der Waals surface area (Å²) in [6.07, 6.45) is 0.616. The van der Waals surface area contributed by atoms with Crippen LogP contribution in [-0.2, 0) is 27.1 Å². The first-order valence-corrected chi connectivity index (χ1v) is 10.1. The van der Waals surface area contributed by atoms with Crippen LogP contribution in [0.4, 0.5) is 5.82 Å². The van der Waals surface area contributed by atoms with Gasteiger partial charge in [0, 0.05) is 20.6 Å². The number of benzene rings is 1. The van der Waals surface area contributed by atoms with Crippen LogP contribution < -0.4 is 22.7 Å². The fraction of sp³-hybridized carbons (Fsp3) is 0.316. The van der Waals surface area contributed by atoms with Crippen LogP contribution in [-0.4, -0.2) is 34.9 Å². The van der Waals surface area contributed by atoms with Crippen molar-refractivity contribution < 1.29 is 4.79 Å². The van der Waals surface area contributed by atoms with Gasteiger partial charge in [-0.1, -0.05) is 42.1 Å². The number of aryl methyl sites for hydroxylation is 1.